The fourth-order valence-corrected chi connectivity index (χ4v) is 4.99. The van der Waals surface area contributed by atoms with Crippen LogP contribution in [0.15, 0.2) is 78.9 Å². The fraction of sp³-hybridized carbons (Fsp3) is 0.344. The van der Waals surface area contributed by atoms with Gasteiger partial charge in [-0.25, -0.2) is 4.79 Å². The summed E-state index contributed by atoms with van der Waals surface area (Å²) in [6, 6.07) is 23.6. The van der Waals surface area contributed by atoms with Gasteiger partial charge in [0.05, 0.1) is 0 Å². The number of nitrogens with one attached hydrogen (secondary N) is 1. The topological polar surface area (TPSA) is 95.9 Å². The lowest BCUT2D eigenvalue weighted by atomic mass is 9.92. The molecule has 0 bridgehead atoms. The van der Waals surface area contributed by atoms with Gasteiger partial charge in [-0.05, 0) is 66.1 Å². The molecule has 0 radical (unpaired) electrons. The summed E-state index contributed by atoms with van der Waals surface area (Å²) in [6.07, 6.45) is 2.99. The predicted molar refractivity (Wildman–Crippen MR) is 154 cm³/mol. The molecule has 3 aromatic carbocycles. The second kappa shape index (κ2) is 14.5. The molecule has 8 heteroatoms. The van der Waals surface area contributed by atoms with Crippen LogP contribution in [-0.4, -0.2) is 46.9 Å². The van der Waals surface area contributed by atoms with E-state index in [2.05, 4.69) is 5.32 Å². The van der Waals surface area contributed by atoms with Crippen LogP contribution in [0.3, 0.4) is 0 Å². The number of halogens is 1. The Morgan fingerprint density at radius 2 is 1.55 bits per heavy atom. The Labute approximate surface area is 240 Å². The molecule has 2 amide bonds. The van der Waals surface area contributed by atoms with E-state index >= 15 is 0 Å². The van der Waals surface area contributed by atoms with Crippen LogP contribution < -0.4 is 10.1 Å². The van der Waals surface area contributed by atoms with E-state index in [-0.39, 0.29) is 30.6 Å². The number of carboxylic acids is 1. The van der Waals surface area contributed by atoms with E-state index in [0.29, 0.717) is 43.3 Å². The largest absolute Gasteiger partial charge is 0.489 e. The highest BCUT2D eigenvalue weighted by Crippen LogP contribution is 2.22. The third-order valence-corrected chi connectivity index (χ3v) is 7.48. The smallest absolute Gasteiger partial charge is 0.326 e. The summed E-state index contributed by atoms with van der Waals surface area (Å²) in [5.74, 6) is -0.420. The van der Waals surface area contributed by atoms with Crippen molar-refractivity contribution in [2.24, 2.45) is 5.92 Å². The van der Waals surface area contributed by atoms with Gasteiger partial charge in [-0.1, -0.05) is 66.2 Å². The quantitative estimate of drug-likeness (QED) is 0.313. The van der Waals surface area contributed by atoms with E-state index in [1.54, 1.807) is 0 Å². The number of amides is 2. The van der Waals surface area contributed by atoms with Gasteiger partial charge < -0.3 is 20.1 Å². The monoisotopic (exact) mass is 562 g/mol. The van der Waals surface area contributed by atoms with Crippen molar-refractivity contribution in [1.29, 1.82) is 0 Å². The van der Waals surface area contributed by atoms with Crippen LogP contribution in [-0.2, 0) is 33.8 Å². The minimum absolute atomic E-state index is 0.111. The lowest BCUT2D eigenvalue weighted by molar-refractivity contribution is -0.142. The van der Waals surface area contributed by atoms with Crippen LogP contribution in [0.1, 0.15) is 42.4 Å². The van der Waals surface area contributed by atoms with Crippen LogP contribution in [0, 0.1) is 5.92 Å². The van der Waals surface area contributed by atoms with E-state index < -0.39 is 12.0 Å². The first-order valence-corrected chi connectivity index (χ1v) is 14.0. The third-order valence-electron chi connectivity index (χ3n) is 7.23. The first kappa shape index (κ1) is 29.2. The number of rotatable bonds is 12. The van der Waals surface area contributed by atoms with Gasteiger partial charge in [0.1, 0.15) is 18.4 Å². The minimum atomic E-state index is -1.07. The van der Waals surface area contributed by atoms with E-state index in [4.69, 9.17) is 16.3 Å². The average Bonchev–Trinajstić information content (AvgIpc) is 2.97. The standard InChI is InChI=1S/C32H35ClN2O5/c33-27-11-6-23(7-12-27)10-15-31(37)35-18-16-25(17-19-35)21-30(36)34-29(32(38)39)20-24-8-13-28(14-9-24)40-22-26-4-2-1-3-5-26/h1-9,11-14,25,29H,10,15-22H2,(H,34,36)(H,38,39)/t29-/m0/s1. The van der Waals surface area contributed by atoms with E-state index in [1.807, 2.05) is 83.8 Å². The van der Waals surface area contributed by atoms with Crippen molar-refractivity contribution in [2.75, 3.05) is 13.1 Å². The summed E-state index contributed by atoms with van der Waals surface area (Å²) in [5, 5.41) is 13.1. The van der Waals surface area contributed by atoms with Crippen LogP contribution >= 0.6 is 11.6 Å². The highest BCUT2D eigenvalue weighted by molar-refractivity contribution is 6.30. The van der Waals surface area contributed by atoms with Gasteiger partial charge in [0, 0.05) is 37.4 Å². The Hall–Kier alpha value is -3.84. The van der Waals surface area contributed by atoms with E-state index in [1.165, 1.54) is 0 Å². The van der Waals surface area contributed by atoms with Crippen molar-refractivity contribution in [3.8, 4) is 5.75 Å². The highest BCUT2D eigenvalue weighted by Gasteiger charge is 2.26. The molecule has 0 saturated carbocycles. The highest BCUT2D eigenvalue weighted by atomic mass is 35.5. The number of hydrogen-bond donors (Lipinski definition) is 2. The molecule has 1 fully saturated rings. The number of benzene rings is 3. The molecule has 1 heterocycles. The summed E-state index contributed by atoms with van der Waals surface area (Å²) in [6.45, 7) is 1.67. The SMILES string of the molecule is O=C(CC1CCN(C(=O)CCc2ccc(Cl)cc2)CC1)N[C@@H](Cc1ccc(OCc2ccccc2)cc1)C(=O)O. The van der Waals surface area contributed by atoms with Crippen LogP contribution in [0.5, 0.6) is 5.75 Å². The van der Waals surface area contributed by atoms with Gasteiger partial charge in [0.2, 0.25) is 11.8 Å². The number of ether oxygens (including phenoxy) is 1. The molecule has 0 unspecified atom stereocenters. The number of carbonyl (C=O) groups is 3. The third kappa shape index (κ3) is 9.12. The molecule has 210 valence electrons. The molecule has 1 aliphatic rings. The number of nitrogens with zero attached hydrogens (tertiary/aromatic N) is 1. The van der Waals surface area contributed by atoms with Gasteiger partial charge in [-0.2, -0.15) is 0 Å². The van der Waals surface area contributed by atoms with Crippen molar-refractivity contribution in [1.82, 2.24) is 10.2 Å². The number of carboxylic acid groups (broad SMARTS) is 1. The Kier molecular flexibility index (Phi) is 10.6. The summed E-state index contributed by atoms with van der Waals surface area (Å²) in [5.41, 5.74) is 2.93. The van der Waals surface area contributed by atoms with Crippen molar-refractivity contribution in [3.05, 3.63) is 101 Å². The molecule has 3 aromatic rings. The van der Waals surface area contributed by atoms with Gasteiger partial charge >= 0.3 is 5.97 Å². The lowest BCUT2D eigenvalue weighted by Crippen LogP contribution is -2.44. The zero-order valence-corrected chi connectivity index (χ0v) is 23.2. The summed E-state index contributed by atoms with van der Waals surface area (Å²) < 4.78 is 5.79. The van der Waals surface area contributed by atoms with E-state index in [9.17, 15) is 19.5 Å². The van der Waals surface area contributed by atoms with Crippen molar-refractivity contribution < 1.29 is 24.2 Å². The van der Waals surface area contributed by atoms with Crippen molar-refractivity contribution in [3.63, 3.8) is 0 Å². The number of piperidine rings is 1. The summed E-state index contributed by atoms with van der Waals surface area (Å²) >= 11 is 5.92. The fourth-order valence-electron chi connectivity index (χ4n) is 4.86. The molecule has 1 saturated heterocycles. The number of aryl methyl sites for hydroxylation is 1. The molecular weight excluding hydrogens is 528 g/mol. The molecule has 0 spiro atoms. The molecule has 1 atom stereocenters. The average molecular weight is 563 g/mol. The normalized spacial score (nSPS) is 14.4. The van der Waals surface area contributed by atoms with Gasteiger partial charge in [0.25, 0.3) is 0 Å². The zero-order chi connectivity index (χ0) is 28.3. The Morgan fingerprint density at radius 1 is 0.900 bits per heavy atom. The molecule has 7 nitrogen and oxygen atoms in total. The molecule has 0 aromatic heterocycles. The Morgan fingerprint density at radius 3 is 2.20 bits per heavy atom. The zero-order valence-electron chi connectivity index (χ0n) is 22.4. The lowest BCUT2D eigenvalue weighted by Gasteiger charge is -2.32. The number of aliphatic carboxylic acids is 1. The van der Waals surface area contributed by atoms with Crippen LogP contribution in [0.2, 0.25) is 5.02 Å². The van der Waals surface area contributed by atoms with E-state index in [0.717, 1.165) is 29.5 Å². The maximum absolute atomic E-state index is 12.7. The second-order valence-electron chi connectivity index (χ2n) is 10.2. The molecule has 4 rings (SSSR count). The minimum Gasteiger partial charge on any atom is -0.489 e. The van der Waals surface area contributed by atoms with Crippen LogP contribution in [0.25, 0.3) is 0 Å². The molecule has 0 aliphatic carbocycles. The van der Waals surface area contributed by atoms with Crippen molar-refractivity contribution >= 4 is 29.4 Å². The number of hydrogen-bond acceptors (Lipinski definition) is 4. The first-order valence-electron chi connectivity index (χ1n) is 13.7. The van der Waals surface area contributed by atoms with Gasteiger partial charge in [-0.3, -0.25) is 9.59 Å². The Balaban J connectivity index is 1.18. The molecule has 1 aliphatic heterocycles. The van der Waals surface area contributed by atoms with Gasteiger partial charge in [-0.15, -0.1) is 0 Å². The number of carbonyl (C=O) groups excluding carboxylic acids is 2. The number of likely N-dealkylation sites (tertiary alicyclic amines) is 1. The maximum Gasteiger partial charge on any atom is 0.326 e. The van der Waals surface area contributed by atoms with Crippen molar-refractivity contribution in [2.45, 2.75) is 51.2 Å². The molecule has 40 heavy (non-hydrogen) atoms. The molecular formula is C32H35ClN2O5. The summed E-state index contributed by atoms with van der Waals surface area (Å²) in [7, 11) is 0. The second-order valence-corrected chi connectivity index (χ2v) is 10.7. The maximum atomic E-state index is 12.7. The first-order chi connectivity index (χ1) is 19.4. The van der Waals surface area contributed by atoms with Gasteiger partial charge in [0.15, 0.2) is 0 Å². The Bertz CT molecular complexity index is 1260. The van der Waals surface area contributed by atoms with Crippen LogP contribution in [0.4, 0.5) is 0 Å². The molecule has 2 N–H and O–H groups in total. The summed E-state index contributed by atoms with van der Waals surface area (Å²) in [4.78, 5) is 39.1. The predicted octanol–water partition coefficient (Wildman–Crippen LogP) is 5.29.